The van der Waals surface area contributed by atoms with Crippen molar-refractivity contribution in [2.45, 2.75) is 25.7 Å². The molecule has 2 heterocycles. The quantitative estimate of drug-likeness (QED) is 0.921. The first-order chi connectivity index (χ1) is 9.16. The number of amides is 1. The van der Waals surface area contributed by atoms with Gasteiger partial charge in [-0.2, -0.15) is 4.98 Å². The van der Waals surface area contributed by atoms with Gasteiger partial charge in [0.25, 0.3) is 0 Å². The van der Waals surface area contributed by atoms with E-state index in [0.717, 1.165) is 25.9 Å². The van der Waals surface area contributed by atoms with E-state index in [1.54, 1.807) is 0 Å². The van der Waals surface area contributed by atoms with E-state index in [4.69, 9.17) is 23.2 Å². The smallest absolute Gasteiger partial charge is 0.245 e. The first-order valence-electron chi connectivity index (χ1n) is 6.24. The molecule has 0 unspecified atom stereocenters. The maximum atomic E-state index is 11.9. The van der Waals surface area contributed by atoms with E-state index < -0.39 is 0 Å². The summed E-state index contributed by atoms with van der Waals surface area (Å²) in [6.45, 7) is 2.17. The maximum Gasteiger partial charge on any atom is 0.245 e. The molecule has 2 rings (SSSR count). The zero-order chi connectivity index (χ0) is 13.7. The van der Waals surface area contributed by atoms with Crippen molar-refractivity contribution >= 4 is 34.9 Å². The molecule has 0 bridgehead atoms. The Balaban J connectivity index is 1.79. The number of halogens is 2. The fourth-order valence-electron chi connectivity index (χ4n) is 1.99. The van der Waals surface area contributed by atoms with Gasteiger partial charge in [-0.15, -0.1) is 10.2 Å². The highest BCUT2D eigenvalue weighted by molar-refractivity contribution is 6.32. The first kappa shape index (κ1) is 14.3. The van der Waals surface area contributed by atoms with Crippen LogP contribution in [0.1, 0.15) is 25.7 Å². The van der Waals surface area contributed by atoms with E-state index >= 15 is 0 Å². The third-order valence-electron chi connectivity index (χ3n) is 2.96. The lowest BCUT2D eigenvalue weighted by Gasteiger charge is -2.26. The van der Waals surface area contributed by atoms with Gasteiger partial charge >= 0.3 is 0 Å². The molecule has 1 saturated heterocycles. The predicted molar refractivity (Wildman–Crippen MR) is 73.4 cm³/mol. The van der Waals surface area contributed by atoms with Crippen LogP contribution in [0.15, 0.2) is 0 Å². The van der Waals surface area contributed by atoms with Gasteiger partial charge in [0.05, 0.1) is 0 Å². The minimum absolute atomic E-state index is 0.0225. The van der Waals surface area contributed by atoms with Crippen molar-refractivity contribution in [3.63, 3.8) is 0 Å². The molecule has 1 aliphatic heterocycles. The standard InChI is InChI=1S/C11H15Cl2N5O/c12-9-10(15-11(13)17-16-9)14-5-4-8(19)18-6-2-1-3-7-18/h1-7H2,(H,14,15,17). The van der Waals surface area contributed by atoms with Crippen molar-refractivity contribution in [3.05, 3.63) is 10.4 Å². The van der Waals surface area contributed by atoms with E-state index in [-0.39, 0.29) is 16.3 Å². The Morgan fingerprint density at radius 2 is 1.95 bits per heavy atom. The van der Waals surface area contributed by atoms with Crippen LogP contribution >= 0.6 is 23.2 Å². The third-order valence-corrected chi connectivity index (χ3v) is 3.37. The molecule has 0 saturated carbocycles. The van der Waals surface area contributed by atoms with Gasteiger partial charge < -0.3 is 10.2 Å². The Bertz CT molecular complexity index is 451. The number of aromatic nitrogens is 3. The molecular weight excluding hydrogens is 289 g/mol. The summed E-state index contributed by atoms with van der Waals surface area (Å²) in [7, 11) is 0. The molecule has 0 aliphatic carbocycles. The number of nitrogens with one attached hydrogen (secondary N) is 1. The molecule has 1 fully saturated rings. The van der Waals surface area contributed by atoms with Crippen LogP contribution in [0, 0.1) is 0 Å². The van der Waals surface area contributed by atoms with E-state index in [0.29, 0.717) is 18.8 Å². The molecule has 6 nitrogen and oxygen atoms in total. The molecule has 0 aromatic carbocycles. The number of carbonyl (C=O) groups excluding carboxylic acids is 1. The second-order valence-electron chi connectivity index (χ2n) is 4.34. The van der Waals surface area contributed by atoms with Crippen molar-refractivity contribution < 1.29 is 4.79 Å². The maximum absolute atomic E-state index is 11.9. The zero-order valence-corrected chi connectivity index (χ0v) is 11.9. The van der Waals surface area contributed by atoms with Crippen molar-refractivity contribution in [1.29, 1.82) is 0 Å². The van der Waals surface area contributed by atoms with Gasteiger partial charge in [-0.1, -0.05) is 11.6 Å². The molecular formula is C11H15Cl2N5O. The molecule has 8 heteroatoms. The molecule has 19 heavy (non-hydrogen) atoms. The zero-order valence-electron chi connectivity index (χ0n) is 10.4. The molecule has 0 atom stereocenters. The molecule has 1 aromatic heterocycles. The molecule has 104 valence electrons. The lowest BCUT2D eigenvalue weighted by molar-refractivity contribution is -0.131. The van der Waals surface area contributed by atoms with E-state index in [1.807, 2.05) is 4.90 Å². The van der Waals surface area contributed by atoms with E-state index in [1.165, 1.54) is 6.42 Å². The van der Waals surface area contributed by atoms with Crippen LogP contribution in [0.2, 0.25) is 10.4 Å². The van der Waals surface area contributed by atoms with Crippen LogP contribution < -0.4 is 5.32 Å². The highest BCUT2D eigenvalue weighted by Crippen LogP contribution is 2.16. The Kier molecular flexibility index (Phi) is 5.15. The van der Waals surface area contributed by atoms with Gasteiger partial charge in [0, 0.05) is 26.1 Å². The van der Waals surface area contributed by atoms with Crippen molar-refractivity contribution in [1.82, 2.24) is 20.1 Å². The molecule has 1 aromatic rings. The van der Waals surface area contributed by atoms with Crippen LogP contribution in [0.3, 0.4) is 0 Å². The van der Waals surface area contributed by atoms with Crippen molar-refractivity contribution in [3.8, 4) is 0 Å². The Morgan fingerprint density at radius 1 is 1.21 bits per heavy atom. The van der Waals surface area contributed by atoms with Crippen LogP contribution in [-0.2, 0) is 4.79 Å². The average Bonchev–Trinajstić information content (AvgIpc) is 2.43. The monoisotopic (exact) mass is 303 g/mol. The lowest BCUT2D eigenvalue weighted by atomic mass is 10.1. The molecule has 0 radical (unpaired) electrons. The number of hydrogen-bond acceptors (Lipinski definition) is 5. The fraction of sp³-hybridized carbons (Fsp3) is 0.636. The minimum atomic E-state index is 0.0225. The number of hydrogen-bond donors (Lipinski definition) is 1. The number of nitrogens with zero attached hydrogens (tertiary/aromatic N) is 4. The van der Waals surface area contributed by atoms with Gasteiger partial charge in [-0.25, -0.2) is 0 Å². The summed E-state index contributed by atoms with van der Waals surface area (Å²) in [6.07, 6.45) is 3.80. The summed E-state index contributed by atoms with van der Waals surface area (Å²) in [5, 5.41) is 10.3. The molecule has 1 amide bonds. The van der Waals surface area contributed by atoms with Crippen LogP contribution in [0.25, 0.3) is 0 Å². The highest BCUT2D eigenvalue weighted by Gasteiger charge is 2.16. The second-order valence-corrected chi connectivity index (χ2v) is 5.03. The summed E-state index contributed by atoms with van der Waals surface area (Å²) in [5.74, 6) is 0.504. The Hall–Kier alpha value is -1.14. The number of piperidine rings is 1. The summed E-state index contributed by atoms with van der Waals surface area (Å²) in [6, 6.07) is 0. The third kappa shape index (κ3) is 4.18. The topological polar surface area (TPSA) is 71.0 Å². The summed E-state index contributed by atoms with van der Waals surface area (Å²) >= 11 is 11.4. The summed E-state index contributed by atoms with van der Waals surface area (Å²) < 4.78 is 0. The number of rotatable bonds is 4. The second kappa shape index (κ2) is 6.86. The average molecular weight is 304 g/mol. The van der Waals surface area contributed by atoms with Crippen molar-refractivity contribution in [2.75, 3.05) is 25.0 Å². The van der Waals surface area contributed by atoms with Gasteiger partial charge in [-0.05, 0) is 30.9 Å². The van der Waals surface area contributed by atoms with Gasteiger partial charge in [0.15, 0.2) is 11.0 Å². The van der Waals surface area contributed by atoms with Gasteiger partial charge in [0.1, 0.15) is 0 Å². The summed E-state index contributed by atoms with van der Waals surface area (Å²) in [4.78, 5) is 17.7. The number of carbonyl (C=O) groups is 1. The van der Waals surface area contributed by atoms with Gasteiger partial charge in [-0.3, -0.25) is 4.79 Å². The van der Waals surface area contributed by atoms with Crippen LogP contribution in [0.5, 0.6) is 0 Å². The number of anilines is 1. The molecule has 1 aliphatic rings. The van der Waals surface area contributed by atoms with Crippen LogP contribution in [0.4, 0.5) is 5.82 Å². The van der Waals surface area contributed by atoms with Crippen LogP contribution in [-0.4, -0.2) is 45.6 Å². The minimum Gasteiger partial charge on any atom is -0.367 e. The van der Waals surface area contributed by atoms with E-state index in [9.17, 15) is 4.79 Å². The lowest BCUT2D eigenvalue weighted by Crippen LogP contribution is -2.36. The van der Waals surface area contributed by atoms with Crippen molar-refractivity contribution in [2.24, 2.45) is 0 Å². The normalized spacial score (nSPS) is 15.4. The van der Waals surface area contributed by atoms with Gasteiger partial charge in [0.2, 0.25) is 11.2 Å². The Labute approximate surface area is 121 Å². The predicted octanol–water partition coefficient (Wildman–Crippen LogP) is 1.99. The fourth-order valence-corrected chi connectivity index (χ4v) is 2.26. The summed E-state index contributed by atoms with van der Waals surface area (Å²) in [5.41, 5.74) is 0. The number of likely N-dealkylation sites (tertiary alicyclic amines) is 1. The molecule has 0 spiro atoms. The van der Waals surface area contributed by atoms with E-state index in [2.05, 4.69) is 20.5 Å². The largest absolute Gasteiger partial charge is 0.367 e. The SMILES string of the molecule is O=C(CCNc1nc(Cl)nnc1Cl)N1CCCCC1. The highest BCUT2D eigenvalue weighted by atomic mass is 35.5. The Morgan fingerprint density at radius 3 is 2.68 bits per heavy atom. The molecule has 1 N–H and O–H groups in total. The first-order valence-corrected chi connectivity index (χ1v) is 7.00.